The lowest BCUT2D eigenvalue weighted by atomic mass is 10.1. The molecule has 0 aliphatic carbocycles. The zero-order valence-corrected chi connectivity index (χ0v) is 9.11. The molecule has 5 heteroatoms. The molecule has 0 N–H and O–H groups in total. The minimum absolute atomic E-state index is 0.0556. The van der Waals surface area contributed by atoms with E-state index >= 15 is 0 Å². The lowest BCUT2D eigenvalue weighted by Crippen LogP contribution is -2.02. The number of rotatable bonds is 3. The second-order valence-corrected chi connectivity index (χ2v) is 3.87. The average Bonchev–Trinajstić information content (AvgIpc) is 2.01. The molecule has 0 amide bonds. The van der Waals surface area contributed by atoms with Gasteiger partial charge in [-0.2, -0.15) is 8.78 Å². The first-order valence-corrected chi connectivity index (χ1v) is 4.68. The summed E-state index contributed by atoms with van der Waals surface area (Å²) in [6.45, 7) is -1.05. The summed E-state index contributed by atoms with van der Waals surface area (Å²) >= 11 is 5.72. The van der Waals surface area contributed by atoms with Crippen LogP contribution in [0.4, 0.5) is 8.78 Å². The Morgan fingerprint density at radius 1 is 1.43 bits per heavy atom. The van der Waals surface area contributed by atoms with Crippen molar-refractivity contribution in [2.75, 3.05) is 0 Å². The molecule has 0 saturated carbocycles. The highest BCUT2D eigenvalue weighted by Gasteiger charge is 2.06. The van der Waals surface area contributed by atoms with E-state index < -0.39 is 6.61 Å². The van der Waals surface area contributed by atoms with Gasteiger partial charge in [0.25, 0.3) is 0 Å². The summed E-state index contributed by atoms with van der Waals surface area (Å²) in [7, 11) is 3.28. The Labute approximate surface area is 87.9 Å². The van der Waals surface area contributed by atoms with Crippen LogP contribution in [-0.2, 0) is 0 Å². The number of hydrogen-bond acceptors (Lipinski definition) is 1. The maximum Gasteiger partial charge on any atom is 0.387 e. The van der Waals surface area contributed by atoms with E-state index in [1.165, 1.54) is 12.1 Å². The minimum atomic E-state index is -2.84. The molecule has 0 fully saturated rings. The smallest absolute Gasteiger partial charge is 0.387 e. The molecule has 14 heavy (non-hydrogen) atoms. The van der Waals surface area contributed by atoms with Crippen LogP contribution in [0.3, 0.4) is 0 Å². The van der Waals surface area contributed by atoms with Crippen LogP contribution in [0.1, 0.15) is 12.5 Å². The lowest BCUT2D eigenvalue weighted by molar-refractivity contribution is -0.0498. The lowest BCUT2D eigenvalue weighted by Gasteiger charge is -2.07. The average molecular weight is 237 g/mol. The van der Waals surface area contributed by atoms with Gasteiger partial charge >= 0.3 is 6.61 Å². The third-order valence-corrected chi connectivity index (χ3v) is 2.04. The molecule has 1 aromatic rings. The summed E-state index contributed by atoms with van der Waals surface area (Å²) in [5.74, 6) is 0.0556. The number of alkyl halides is 2. The van der Waals surface area contributed by atoms with Gasteiger partial charge in [0.05, 0.1) is 0 Å². The highest BCUT2D eigenvalue weighted by Crippen LogP contribution is 2.23. The van der Waals surface area contributed by atoms with Gasteiger partial charge in [0.15, 0.2) is 0 Å². The third kappa shape index (κ3) is 3.24. The summed E-state index contributed by atoms with van der Waals surface area (Å²) in [6.07, 6.45) is 0. The van der Waals surface area contributed by atoms with Crippen LogP contribution in [0.2, 0.25) is 5.02 Å². The molecule has 0 saturated heterocycles. The van der Waals surface area contributed by atoms with Crippen LogP contribution in [0, 0.1) is 0 Å². The molecule has 0 aliphatic rings. The maximum atomic E-state index is 11.9. The van der Waals surface area contributed by atoms with Gasteiger partial charge in [0, 0.05) is 5.02 Å². The highest BCUT2D eigenvalue weighted by atomic mass is 35.5. The van der Waals surface area contributed by atoms with Crippen LogP contribution in [-0.4, -0.2) is 11.9 Å². The largest absolute Gasteiger partial charge is 0.435 e. The van der Waals surface area contributed by atoms with Gasteiger partial charge in [-0.3, -0.25) is 0 Å². The molecular formula is C9H8ClF2OP. The summed E-state index contributed by atoms with van der Waals surface area (Å²) in [5.41, 5.74) is 0.713. The number of ether oxygens (including phenoxy) is 1. The van der Waals surface area contributed by atoms with Gasteiger partial charge in [0.1, 0.15) is 5.75 Å². The first-order valence-electron chi connectivity index (χ1n) is 3.80. The fourth-order valence-electron chi connectivity index (χ4n) is 0.950. The first-order chi connectivity index (χ1) is 6.49. The topological polar surface area (TPSA) is 9.23 Å². The number of benzene rings is 1. The SMILES string of the molecule is CC(=P)c1cc(Cl)cc(OC(F)F)c1. The molecule has 1 aromatic carbocycles. The van der Waals surface area contributed by atoms with E-state index in [0.717, 1.165) is 5.29 Å². The summed E-state index contributed by atoms with van der Waals surface area (Å²) in [4.78, 5) is 0. The van der Waals surface area contributed by atoms with Crippen LogP contribution >= 0.6 is 20.5 Å². The van der Waals surface area contributed by atoms with Crippen molar-refractivity contribution in [2.45, 2.75) is 13.5 Å². The Morgan fingerprint density at radius 3 is 2.57 bits per heavy atom. The minimum Gasteiger partial charge on any atom is -0.435 e. The molecule has 1 nitrogen and oxygen atoms in total. The predicted octanol–water partition coefficient (Wildman–Crippen LogP) is 3.62. The maximum absolute atomic E-state index is 11.9. The van der Waals surface area contributed by atoms with E-state index in [1.807, 2.05) is 0 Å². The third-order valence-electron chi connectivity index (χ3n) is 1.53. The van der Waals surface area contributed by atoms with Crippen molar-refractivity contribution in [1.29, 1.82) is 0 Å². The van der Waals surface area contributed by atoms with Crippen molar-refractivity contribution < 1.29 is 13.5 Å². The van der Waals surface area contributed by atoms with Gasteiger partial charge in [0.2, 0.25) is 0 Å². The fraction of sp³-hybridized carbons (Fsp3) is 0.222. The molecule has 0 aromatic heterocycles. The first kappa shape index (κ1) is 11.4. The predicted molar refractivity (Wildman–Crippen MR) is 56.2 cm³/mol. The van der Waals surface area contributed by atoms with E-state index in [-0.39, 0.29) is 5.75 Å². The van der Waals surface area contributed by atoms with Gasteiger partial charge in [-0.1, -0.05) is 11.6 Å². The van der Waals surface area contributed by atoms with Gasteiger partial charge < -0.3 is 4.74 Å². The summed E-state index contributed by atoms with van der Waals surface area (Å²) < 4.78 is 28.0. The molecule has 0 bridgehead atoms. The van der Waals surface area contributed by atoms with Crippen molar-refractivity contribution in [1.82, 2.24) is 0 Å². The van der Waals surface area contributed by atoms with Crippen molar-refractivity contribution in [3.63, 3.8) is 0 Å². The zero-order chi connectivity index (χ0) is 10.7. The highest BCUT2D eigenvalue weighted by molar-refractivity contribution is 7.22. The van der Waals surface area contributed by atoms with Crippen molar-refractivity contribution in [2.24, 2.45) is 0 Å². The molecule has 0 atom stereocenters. The van der Waals surface area contributed by atoms with E-state index in [4.69, 9.17) is 11.6 Å². The van der Waals surface area contributed by atoms with Crippen molar-refractivity contribution in [3.05, 3.63) is 28.8 Å². The Morgan fingerprint density at radius 2 is 2.07 bits per heavy atom. The molecule has 0 spiro atoms. The molecule has 1 rings (SSSR count). The molecule has 0 aliphatic heterocycles. The monoisotopic (exact) mass is 236 g/mol. The van der Waals surface area contributed by atoms with Crippen LogP contribution in [0.5, 0.6) is 5.75 Å². The molecule has 0 unspecified atom stereocenters. The molecule has 76 valence electrons. The summed E-state index contributed by atoms with van der Waals surface area (Å²) in [6, 6.07) is 4.48. The number of hydrogen-bond donors (Lipinski definition) is 0. The Kier molecular flexibility index (Phi) is 3.85. The van der Waals surface area contributed by atoms with E-state index in [1.54, 1.807) is 13.0 Å². The Bertz CT molecular complexity index is 355. The van der Waals surface area contributed by atoms with E-state index in [0.29, 0.717) is 10.6 Å². The number of halogens is 3. The fourth-order valence-corrected chi connectivity index (χ4v) is 1.32. The zero-order valence-electron chi connectivity index (χ0n) is 7.35. The Balaban J connectivity index is 3.01. The van der Waals surface area contributed by atoms with Crippen LogP contribution in [0.25, 0.3) is 0 Å². The van der Waals surface area contributed by atoms with E-state index in [9.17, 15) is 8.78 Å². The normalized spacial score (nSPS) is 10.4. The quantitative estimate of drug-likeness (QED) is 0.729. The van der Waals surface area contributed by atoms with Gasteiger partial charge in [-0.15, -0.1) is 8.86 Å². The van der Waals surface area contributed by atoms with Crippen molar-refractivity contribution in [3.8, 4) is 5.75 Å². The van der Waals surface area contributed by atoms with E-state index in [2.05, 4.69) is 13.6 Å². The van der Waals surface area contributed by atoms with Crippen LogP contribution in [0.15, 0.2) is 18.2 Å². The molecular weight excluding hydrogens is 229 g/mol. The second-order valence-electron chi connectivity index (χ2n) is 2.68. The van der Waals surface area contributed by atoms with Gasteiger partial charge in [-0.25, -0.2) is 0 Å². The van der Waals surface area contributed by atoms with Crippen LogP contribution < -0.4 is 4.74 Å². The molecule has 0 heterocycles. The standard InChI is InChI=1S/C9H8ClF2OP/c1-5(14)6-2-7(10)4-8(3-6)13-9(11)12/h2-4,9,14H,1H3. The molecule has 0 radical (unpaired) electrons. The van der Waals surface area contributed by atoms with Crippen molar-refractivity contribution >= 4 is 25.8 Å². The summed E-state index contributed by atoms with van der Waals surface area (Å²) in [5, 5.41) is 1.15. The Hall–Kier alpha value is -0.660. The van der Waals surface area contributed by atoms with Gasteiger partial charge in [-0.05, 0) is 36.0 Å². The second kappa shape index (κ2) is 4.72.